The summed E-state index contributed by atoms with van der Waals surface area (Å²) in [7, 11) is 14.9. The van der Waals surface area contributed by atoms with Crippen molar-refractivity contribution in [1.82, 2.24) is 29.9 Å². The number of halogens is 1. The summed E-state index contributed by atoms with van der Waals surface area (Å²) >= 11 is 5.54. The van der Waals surface area contributed by atoms with Crippen molar-refractivity contribution in [2.75, 3.05) is 83.9 Å². The van der Waals surface area contributed by atoms with Gasteiger partial charge in [0, 0.05) is 71.5 Å². The Morgan fingerprint density at radius 2 is 1.02 bits per heavy atom. The normalized spacial score (nSPS) is 12.7. The van der Waals surface area contributed by atoms with Gasteiger partial charge in [-0.2, -0.15) is 7.11 Å². The predicted molar refractivity (Wildman–Crippen MR) is 311 cm³/mol. The Hall–Kier alpha value is -9.48. The van der Waals surface area contributed by atoms with Crippen molar-refractivity contribution in [3.05, 3.63) is 103 Å². The average Bonchev–Trinajstić information content (AvgIpc) is 2.33. The van der Waals surface area contributed by atoms with Crippen molar-refractivity contribution in [1.29, 1.82) is 0 Å². The van der Waals surface area contributed by atoms with Gasteiger partial charge < -0.3 is 82.5 Å². The van der Waals surface area contributed by atoms with Gasteiger partial charge in [0.25, 0.3) is 46.5 Å². The molecule has 0 aliphatic carbocycles. The van der Waals surface area contributed by atoms with E-state index in [0.29, 0.717) is 57.3 Å². The van der Waals surface area contributed by atoms with E-state index < -0.39 is 51.2 Å². The maximum Gasteiger partial charge on any atom is 1.00 e. The minimum absolute atomic E-state index is 0. The number of carbonyl (C=O) groups excluding carboxylic acids is 4. The molecule has 4 N–H and O–H groups in total. The molecule has 8 heterocycles. The second-order valence-corrected chi connectivity index (χ2v) is 16.8. The van der Waals surface area contributed by atoms with Gasteiger partial charge in [0.05, 0.1) is 115 Å². The first-order valence-electron chi connectivity index (χ1n) is 24.1. The molecule has 6 aromatic rings. The molecule has 0 amide bonds. The van der Waals surface area contributed by atoms with E-state index in [2.05, 4.69) is 44.4 Å². The van der Waals surface area contributed by atoms with Crippen molar-refractivity contribution in [2.24, 2.45) is 10.9 Å². The summed E-state index contributed by atoms with van der Waals surface area (Å²) in [4.78, 5) is 102. The SMILES string of the molecule is C.CC1(C)OC(=O)CC(=O)O1.CO.COc1cc(N)cnc1OC.COc1cc(N=CC2C(=O)OC(C)(C)OC2=O)cnc1OC.COc1cc([N+](=O)[O-])cnc1Cl.COc1cc([N+](=O)[O-])cnc1OC.COc1cc2[nH]ccc(=O)c2nc1OC.C[O-].[Na+]. The summed E-state index contributed by atoms with van der Waals surface area (Å²) in [5, 5.41) is 35.9. The second-order valence-electron chi connectivity index (χ2n) is 16.5. The van der Waals surface area contributed by atoms with Crippen molar-refractivity contribution in [3.8, 4) is 52.3 Å². The number of esters is 4. The fourth-order valence-corrected chi connectivity index (χ4v) is 6.33. The first-order valence-corrected chi connectivity index (χ1v) is 24.5. The molecule has 0 bridgehead atoms. The number of anilines is 1. The van der Waals surface area contributed by atoms with E-state index in [4.69, 9.17) is 79.7 Å². The van der Waals surface area contributed by atoms with Crippen LogP contribution in [0.15, 0.2) is 77.2 Å². The molecule has 0 atom stereocenters. The number of aromatic nitrogens is 6. The van der Waals surface area contributed by atoms with Gasteiger partial charge in [-0.05, 0) is 0 Å². The second kappa shape index (κ2) is 40.8. The van der Waals surface area contributed by atoms with E-state index in [-0.39, 0.29) is 82.7 Å². The number of ether oxygens (including phenoxy) is 13. The molecule has 0 unspecified atom stereocenters. The molecule has 36 heteroatoms. The van der Waals surface area contributed by atoms with Crippen LogP contribution in [0.5, 0.6) is 52.3 Å². The summed E-state index contributed by atoms with van der Waals surface area (Å²) in [6, 6.07) is 8.79. The van der Waals surface area contributed by atoms with E-state index in [9.17, 15) is 44.2 Å². The Morgan fingerprint density at radius 3 is 1.47 bits per heavy atom. The van der Waals surface area contributed by atoms with Gasteiger partial charge in [-0.15, -0.1) is 0 Å². The van der Waals surface area contributed by atoms with E-state index in [1.165, 1.54) is 115 Å². The number of fused-ring (bicyclic) bond motifs is 1. The summed E-state index contributed by atoms with van der Waals surface area (Å²) in [6.45, 7) is 5.99. The number of aliphatic hydroxyl groups is 1. The Labute approximate surface area is 536 Å². The number of pyridine rings is 6. The Kier molecular flexibility index (Phi) is 37.4. The fourth-order valence-electron chi connectivity index (χ4n) is 6.14. The molecule has 6 aromatic heterocycles. The van der Waals surface area contributed by atoms with Crippen LogP contribution in [0.1, 0.15) is 41.5 Å². The fraction of sp³-hybridized carbons (Fsp3) is 0.377. The third-order valence-electron chi connectivity index (χ3n) is 9.78. The monoisotopic (exact) mass is 1290 g/mol. The molecule has 2 aliphatic rings. The van der Waals surface area contributed by atoms with Crippen molar-refractivity contribution in [2.45, 2.75) is 53.1 Å². The first-order chi connectivity index (χ1) is 41.2. The molecule has 0 radical (unpaired) electrons. The number of cyclic esters (lactones) is 4. The van der Waals surface area contributed by atoms with Gasteiger partial charge in [0.2, 0.25) is 5.43 Å². The van der Waals surface area contributed by atoms with E-state index in [0.717, 1.165) is 32.8 Å². The van der Waals surface area contributed by atoms with Crippen LogP contribution >= 0.6 is 11.6 Å². The van der Waals surface area contributed by atoms with Crippen LogP contribution in [0.25, 0.3) is 11.0 Å². The molecule has 34 nitrogen and oxygen atoms in total. The molecule has 0 aromatic carbocycles. The van der Waals surface area contributed by atoms with Crippen LogP contribution in [0, 0.1) is 26.1 Å². The number of aromatic amines is 1. The van der Waals surface area contributed by atoms with Gasteiger partial charge in [0.1, 0.15) is 24.3 Å². The molecule has 0 saturated carbocycles. The van der Waals surface area contributed by atoms with Crippen LogP contribution in [-0.4, -0.2) is 165 Å². The predicted octanol–water partition coefficient (Wildman–Crippen LogP) is 1.97. The molecule has 0 spiro atoms. The minimum Gasteiger partial charge on any atom is -0.857 e. The van der Waals surface area contributed by atoms with Crippen molar-refractivity contribution in [3.63, 3.8) is 0 Å². The molecule has 89 heavy (non-hydrogen) atoms. The Bertz CT molecular complexity index is 3320. The largest absolute Gasteiger partial charge is 1.00 e. The quantitative estimate of drug-likeness (QED) is 0.0283. The molecule has 2 fully saturated rings. The summed E-state index contributed by atoms with van der Waals surface area (Å²) in [6.07, 6.45) is 7.57. The summed E-state index contributed by atoms with van der Waals surface area (Å²) < 4.78 is 63.7. The van der Waals surface area contributed by atoms with Crippen LogP contribution in [0.2, 0.25) is 5.15 Å². The number of methoxy groups -OCH3 is 9. The third-order valence-corrected chi connectivity index (χ3v) is 10.1. The van der Waals surface area contributed by atoms with E-state index in [1.807, 2.05) is 0 Å². The molecular formula is C53H68ClN10NaO24. The average molecular weight is 1290 g/mol. The zero-order valence-corrected chi connectivity index (χ0v) is 53.3. The Morgan fingerprint density at radius 1 is 0.618 bits per heavy atom. The van der Waals surface area contributed by atoms with Gasteiger partial charge in [-0.1, -0.05) is 19.0 Å². The number of H-pyrrole nitrogens is 1. The third kappa shape index (κ3) is 26.6. The maximum atomic E-state index is 11.8. The first kappa shape index (κ1) is 81.6. The number of nitrogens with two attached hydrogens (primary N) is 1. The molecular weight excluding hydrogens is 1220 g/mol. The standard InChI is InChI=1S/C14H16N2O6.C10H10N2O3.C7H8N2O4.C7H10N2O2.C6H5ClN2O3.C6H8O4.CH4O.CH3O.CH4.Na/c1-14(2)21-12(17)9(13(18)22-14)7-15-8-5-10(19-3)11(20-4)16-6-8;1-14-8-5-6-9(12-10(8)15-2)7(13)3-4-11-6;1-12-6-3-5(9(10)11)4-8-7(6)13-2;1-10-6-3-5(8)4-9-7(6)11-2;1-12-5-2-4(9(10)11)3-8-6(5)7;1-6(2)9-4(7)3-5(8)10-6;2*1-2;;/h5-7,9H,1-4H3;3-5H,1-2H3,(H,11,13);3-4H,1-2H3;3-4H,8H2,1-2H3;2-3H,1H3;3H2,1-2H3;2H,1H3;1H3;1H4;/q;;;;;;;-1;;+1. The van der Waals surface area contributed by atoms with Gasteiger partial charge in [-0.25, -0.2) is 24.9 Å². The number of aliphatic imine (C=N–C) groups is 1. The van der Waals surface area contributed by atoms with Gasteiger partial charge in [-0.3, -0.25) is 49.2 Å². The van der Waals surface area contributed by atoms with Crippen LogP contribution < -0.4 is 88.5 Å². The van der Waals surface area contributed by atoms with E-state index >= 15 is 0 Å². The number of hydrogen-bond acceptors (Lipinski definition) is 31. The minimum atomic E-state index is -1.26. The number of rotatable bonds is 13. The summed E-state index contributed by atoms with van der Waals surface area (Å²) in [5.74, 6) is -2.86. The zero-order chi connectivity index (χ0) is 66.2. The molecule has 8 rings (SSSR count). The van der Waals surface area contributed by atoms with E-state index in [1.54, 1.807) is 31.5 Å². The number of aliphatic hydroxyl groups excluding tert-OH is 1. The number of nitrogens with zero attached hydrogens (tertiary/aromatic N) is 8. The van der Waals surface area contributed by atoms with Gasteiger partial charge >= 0.3 is 53.4 Å². The number of nitro groups is 2. The van der Waals surface area contributed by atoms with Crippen LogP contribution in [0.4, 0.5) is 22.7 Å². The Balaban J connectivity index is 0. The number of hydrogen-bond donors (Lipinski definition) is 3. The molecule has 482 valence electrons. The van der Waals surface area contributed by atoms with Crippen LogP contribution in [0.3, 0.4) is 0 Å². The molecule has 2 saturated heterocycles. The van der Waals surface area contributed by atoms with Crippen LogP contribution in [-0.2, 0) is 38.1 Å². The smallest absolute Gasteiger partial charge is 0.857 e. The van der Waals surface area contributed by atoms with Crippen molar-refractivity contribution < 1.29 is 130 Å². The topological polar surface area (TPSA) is 454 Å². The number of nitrogens with one attached hydrogen (secondary N) is 1. The van der Waals surface area contributed by atoms with Crippen molar-refractivity contribution >= 4 is 75.5 Å². The summed E-state index contributed by atoms with van der Waals surface area (Å²) in [5.41, 5.74) is 6.96. The zero-order valence-electron chi connectivity index (χ0n) is 50.6. The number of nitrogen functional groups attached to an aromatic ring is 1. The maximum absolute atomic E-state index is 11.8. The van der Waals surface area contributed by atoms with Gasteiger partial charge in [0.15, 0.2) is 39.8 Å². The molecule has 2 aliphatic heterocycles. The number of carbonyl (C=O) groups is 4.